The van der Waals surface area contributed by atoms with Crippen LogP contribution in [0.4, 0.5) is 0 Å². The lowest BCUT2D eigenvalue weighted by atomic mass is 9.89. The van der Waals surface area contributed by atoms with Crippen LogP contribution in [0, 0.1) is 0 Å². The SMILES string of the molecule is Clc1ccc(C2CCN(CC/C=C/c3ccc4c(c3)CCNCC4)CC2)cc1. The maximum atomic E-state index is 6.01. The van der Waals surface area contributed by atoms with Crippen molar-refractivity contribution >= 4 is 17.7 Å². The van der Waals surface area contributed by atoms with Crippen LogP contribution >= 0.6 is 11.6 Å². The molecule has 1 N–H and O–H groups in total. The van der Waals surface area contributed by atoms with Crippen molar-refractivity contribution in [3.05, 3.63) is 75.8 Å². The van der Waals surface area contributed by atoms with Crippen LogP contribution in [-0.4, -0.2) is 37.6 Å². The highest BCUT2D eigenvalue weighted by Crippen LogP contribution is 2.28. The van der Waals surface area contributed by atoms with Crippen molar-refractivity contribution in [3.8, 4) is 0 Å². The van der Waals surface area contributed by atoms with Gasteiger partial charge >= 0.3 is 0 Å². The first-order valence-corrected chi connectivity index (χ1v) is 11.1. The summed E-state index contributed by atoms with van der Waals surface area (Å²) < 4.78 is 0. The second kappa shape index (κ2) is 9.73. The van der Waals surface area contributed by atoms with Crippen molar-refractivity contribution in [3.63, 3.8) is 0 Å². The Morgan fingerprint density at radius 3 is 2.50 bits per heavy atom. The molecule has 4 rings (SSSR count). The fourth-order valence-corrected chi connectivity index (χ4v) is 4.62. The molecule has 2 heterocycles. The third-order valence-corrected chi connectivity index (χ3v) is 6.48. The van der Waals surface area contributed by atoms with E-state index >= 15 is 0 Å². The number of piperidine rings is 1. The number of rotatable bonds is 5. The van der Waals surface area contributed by atoms with Crippen LogP contribution < -0.4 is 5.32 Å². The average molecular weight is 395 g/mol. The number of fused-ring (bicyclic) bond motifs is 1. The highest BCUT2D eigenvalue weighted by atomic mass is 35.5. The lowest BCUT2D eigenvalue weighted by molar-refractivity contribution is 0.216. The largest absolute Gasteiger partial charge is 0.316 e. The fourth-order valence-electron chi connectivity index (χ4n) is 4.50. The molecular formula is C25H31ClN2. The van der Waals surface area contributed by atoms with Crippen LogP contribution in [0.2, 0.25) is 5.02 Å². The molecule has 1 saturated heterocycles. The van der Waals surface area contributed by atoms with Gasteiger partial charge in [0.05, 0.1) is 0 Å². The third kappa shape index (κ3) is 5.26. The molecule has 148 valence electrons. The topological polar surface area (TPSA) is 15.3 Å². The smallest absolute Gasteiger partial charge is 0.0406 e. The number of halogens is 1. The monoisotopic (exact) mass is 394 g/mol. The van der Waals surface area contributed by atoms with E-state index in [1.165, 1.54) is 54.7 Å². The van der Waals surface area contributed by atoms with Gasteiger partial charge in [-0.2, -0.15) is 0 Å². The summed E-state index contributed by atoms with van der Waals surface area (Å²) in [6.45, 7) is 5.78. The lowest BCUT2D eigenvalue weighted by Crippen LogP contribution is -2.33. The van der Waals surface area contributed by atoms with Crippen molar-refractivity contribution in [2.24, 2.45) is 0 Å². The Balaban J connectivity index is 1.22. The van der Waals surface area contributed by atoms with Crippen LogP contribution in [0.15, 0.2) is 48.5 Å². The van der Waals surface area contributed by atoms with E-state index in [4.69, 9.17) is 11.6 Å². The van der Waals surface area contributed by atoms with E-state index in [1.54, 1.807) is 0 Å². The molecule has 0 saturated carbocycles. The second-order valence-corrected chi connectivity index (χ2v) is 8.57. The van der Waals surface area contributed by atoms with Crippen molar-refractivity contribution in [1.29, 1.82) is 0 Å². The van der Waals surface area contributed by atoms with Crippen LogP contribution in [-0.2, 0) is 12.8 Å². The van der Waals surface area contributed by atoms with Gasteiger partial charge in [0.1, 0.15) is 0 Å². The zero-order chi connectivity index (χ0) is 19.2. The van der Waals surface area contributed by atoms with Crippen LogP contribution in [0.25, 0.3) is 6.08 Å². The summed E-state index contributed by atoms with van der Waals surface area (Å²) in [6, 6.07) is 15.4. The van der Waals surface area contributed by atoms with Gasteiger partial charge in [-0.25, -0.2) is 0 Å². The minimum Gasteiger partial charge on any atom is -0.316 e. The molecular weight excluding hydrogens is 364 g/mol. The minimum atomic E-state index is 0.693. The van der Waals surface area contributed by atoms with Gasteiger partial charge in [0.15, 0.2) is 0 Å². The summed E-state index contributed by atoms with van der Waals surface area (Å²) in [6.07, 6.45) is 10.6. The average Bonchev–Trinajstić information content (AvgIpc) is 2.97. The summed E-state index contributed by atoms with van der Waals surface area (Å²) >= 11 is 6.01. The zero-order valence-electron chi connectivity index (χ0n) is 16.7. The van der Waals surface area contributed by atoms with Gasteiger partial charge in [0.2, 0.25) is 0 Å². The summed E-state index contributed by atoms with van der Waals surface area (Å²) in [4.78, 5) is 2.61. The van der Waals surface area contributed by atoms with Gasteiger partial charge in [-0.15, -0.1) is 0 Å². The predicted molar refractivity (Wildman–Crippen MR) is 120 cm³/mol. The van der Waals surface area contributed by atoms with E-state index in [1.807, 2.05) is 12.1 Å². The molecule has 0 aromatic heterocycles. The number of hydrogen-bond donors (Lipinski definition) is 1. The quantitative estimate of drug-likeness (QED) is 0.739. The summed E-state index contributed by atoms with van der Waals surface area (Å²) in [7, 11) is 0. The van der Waals surface area contributed by atoms with E-state index in [9.17, 15) is 0 Å². The van der Waals surface area contributed by atoms with Crippen molar-refractivity contribution in [1.82, 2.24) is 10.2 Å². The van der Waals surface area contributed by atoms with E-state index in [-0.39, 0.29) is 0 Å². The van der Waals surface area contributed by atoms with E-state index in [2.05, 4.69) is 52.7 Å². The summed E-state index contributed by atoms with van der Waals surface area (Å²) in [5, 5.41) is 4.32. The van der Waals surface area contributed by atoms with Gasteiger partial charge < -0.3 is 10.2 Å². The van der Waals surface area contributed by atoms with Gasteiger partial charge in [0, 0.05) is 11.6 Å². The van der Waals surface area contributed by atoms with E-state index in [0.29, 0.717) is 5.92 Å². The predicted octanol–water partition coefficient (Wildman–Crippen LogP) is 5.31. The number of likely N-dealkylation sites (tertiary alicyclic amines) is 1. The number of hydrogen-bond acceptors (Lipinski definition) is 2. The second-order valence-electron chi connectivity index (χ2n) is 8.14. The molecule has 0 aliphatic carbocycles. The molecule has 2 aromatic carbocycles. The highest BCUT2D eigenvalue weighted by Gasteiger charge is 2.19. The fraction of sp³-hybridized carbons (Fsp3) is 0.440. The molecule has 3 heteroatoms. The molecule has 1 fully saturated rings. The Bertz CT molecular complexity index is 789. The molecule has 0 radical (unpaired) electrons. The standard InChI is InChI=1S/C25H31ClN2/c26-25-8-6-21(7-9-25)23-12-17-28(18-13-23)16-2-1-3-20-4-5-22-10-14-27-15-11-24(22)19-20/h1,3-9,19,23,27H,2,10-18H2/b3-1+. The Morgan fingerprint density at radius 1 is 0.964 bits per heavy atom. The minimum absolute atomic E-state index is 0.693. The van der Waals surface area contributed by atoms with Crippen LogP contribution in [0.3, 0.4) is 0 Å². The Morgan fingerprint density at radius 2 is 1.71 bits per heavy atom. The first-order chi connectivity index (χ1) is 13.8. The Hall–Kier alpha value is -1.61. The molecule has 28 heavy (non-hydrogen) atoms. The molecule has 2 aliphatic heterocycles. The summed E-state index contributed by atoms with van der Waals surface area (Å²) in [5.41, 5.74) is 5.84. The van der Waals surface area contributed by atoms with Crippen LogP contribution in [0.1, 0.15) is 47.4 Å². The maximum Gasteiger partial charge on any atom is 0.0406 e. The van der Waals surface area contributed by atoms with Crippen molar-refractivity contribution in [2.75, 3.05) is 32.7 Å². The van der Waals surface area contributed by atoms with Gasteiger partial charge in [-0.1, -0.05) is 54.1 Å². The van der Waals surface area contributed by atoms with E-state index in [0.717, 1.165) is 37.4 Å². The molecule has 0 bridgehead atoms. The lowest BCUT2D eigenvalue weighted by Gasteiger charge is -2.32. The molecule has 0 spiro atoms. The van der Waals surface area contributed by atoms with Crippen LogP contribution in [0.5, 0.6) is 0 Å². The maximum absolute atomic E-state index is 6.01. The van der Waals surface area contributed by atoms with Gasteiger partial charge in [0.25, 0.3) is 0 Å². The first kappa shape index (κ1) is 19.7. The molecule has 2 nitrogen and oxygen atoms in total. The normalized spacial score (nSPS) is 18.9. The number of nitrogens with one attached hydrogen (secondary N) is 1. The van der Waals surface area contributed by atoms with Gasteiger partial charge in [-0.05, 0) is 98.6 Å². The van der Waals surface area contributed by atoms with E-state index < -0.39 is 0 Å². The number of nitrogens with zero attached hydrogens (tertiary/aromatic N) is 1. The third-order valence-electron chi connectivity index (χ3n) is 6.22. The molecule has 0 amide bonds. The Labute approximate surface area is 174 Å². The Kier molecular flexibility index (Phi) is 6.85. The molecule has 0 atom stereocenters. The first-order valence-electron chi connectivity index (χ1n) is 10.7. The van der Waals surface area contributed by atoms with Crippen molar-refractivity contribution < 1.29 is 0 Å². The van der Waals surface area contributed by atoms with Crippen molar-refractivity contribution in [2.45, 2.75) is 38.0 Å². The zero-order valence-corrected chi connectivity index (χ0v) is 17.4. The number of benzene rings is 2. The molecule has 2 aromatic rings. The summed E-state index contributed by atoms with van der Waals surface area (Å²) in [5.74, 6) is 0.693. The highest BCUT2D eigenvalue weighted by molar-refractivity contribution is 6.30. The molecule has 2 aliphatic rings. The van der Waals surface area contributed by atoms with Gasteiger partial charge in [-0.3, -0.25) is 0 Å². The molecule has 0 unspecified atom stereocenters.